The number of carbonyl (C=O) groups excluding carboxylic acids is 2. The summed E-state index contributed by atoms with van der Waals surface area (Å²) in [6, 6.07) is 8.75. The van der Waals surface area contributed by atoms with Crippen molar-refractivity contribution in [3.05, 3.63) is 63.9 Å². The number of nitrogens with zero attached hydrogens (tertiary/aromatic N) is 2. The zero-order valence-electron chi connectivity index (χ0n) is 19.2. The molecule has 0 unspecified atom stereocenters. The van der Waals surface area contributed by atoms with Crippen molar-refractivity contribution in [3.8, 4) is 0 Å². The molecule has 0 saturated heterocycles. The molecule has 0 aromatic heterocycles. The first-order chi connectivity index (χ1) is 16.0. The molecule has 2 aromatic rings. The first-order valence-corrected chi connectivity index (χ1v) is 13.3. The van der Waals surface area contributed by atoms with E-state index in [0.717, 1.165) is 22.7 Å². The van der Waals surface area contributed by atoms with E-state index in [1.165, 1.54) is 17.0 Å². The summed E-state index contributed by atoms with van der Waals surface area (Å²) in [6.45, 7) is 3.38. The lowest BCUT2D eigenvalue weighted by Crippen LogP contribution is -2.52. The molecule has 0 aliphatic rings. The van der Waals surface area contributed by atoms with E-state index in [-0.39, 0.29) is 24.6 Å². The highest BCUT2D eigenvalue weighted by Crippen LogP contribution is 2.27. The van der Waals surface area contributed by atoms with Gasteiger partial charge in [0.1, 0.15) is 18.4 Å². The largest absolute Gasteiger partial charge is 0.354 e. The SMILES string of the molecule is CCCNC(=O)[C@@H](CC)N(Cc1c(Cl)cccc1Cl)C(=O)CN(c1ccc(F)cc1)S(C)(=O)=O. The molecule has 2 aromatic carbocycles. The Balaban J connectivity index is 2.47. The van der Waals surface area contributed by atoms with Crippen LogP contribution in [0.3, 0.4) is 0 Å². The van der Waals surface area contributed by atoms with E-state index < -0.39 is 34.3 Å². The summed E-state index contributed by atoms with van der Waals surface area (Å²) in [7, 11) is -3.90. The Bertz CT molecular complexity index is 1090. The van der Waals surface area contributed by atoms with Crippen LogP contribution in [-0.2, 0) is 26.2 Å². The van der Waals surface area contributed by atoms with Gasteiger partial charge >= 0.3 is 0 Å². The van der Waals surface area contributed by atoms with Crippen LogP contribution in [0.5, 0.6) is 0 Å². The molecule has 1 N–H and O–H groups in total. The number of sulfonamides is 1. The number of nitrogens with one attached hydrogen (secondary N) is 1. The highest BCUT2D eigenvalue weighted by molar-refractivity contribution is 7.92. The van der Waals surface area contributed by atoms with Gasteiger partial charge in [-0.15, -0.1) is 0 Å². The van der Waals surface area contributed by atoms with Gasteiger partial charge in [-0.05, 0) is 49.2 Å². The molecule has 11 heteroatoms. The van der Waals surface area contributed by atoms with E-state index in [4.69, 9.17) is 23.2 Å². The standard InChI is InChI=1S/C23H28Cl2FN3O4S/c1-4-13-27-23(31)21(5-2)28(14-18-19(24)7-6-8-20(18)25)22(30)15-29(34(3,32)33)17-11-9-16(26)10-12-17/h6-12,21H,4-5,13-15H2,1-3H3,(H,27,31)/t21-/m1/s1. The number of anilines is 1. The van der Waals surface area contributed by atoms with Crippen LogP contribution < -0.4 is 9.62 Å². The molecule has 2 amide bonds. The van der Waals surface area contributed by atoms with Crippen LogP contribution in [0.15, 0.2) is 42.5 Å². The lowest BCUT2D eigenvalue weighted by molar-refractivity contribution is -0.140. The second-order valence-electron chi connectivity index (χ2n) is 7.68. The highest BCUT2D eigenvalue weighted by atomic mass is 35.5. The first kappa shape index (κ1) is 27.9. The fourth-order valence-electron chi connectivity index (χ4n) is 3.36. The molecule has 186 valence electrons. The minimum Gasteiger partial charge on any atom is -0.354 e. The topological polar surface area (TPSA) is 86.8 Å². The van der Waals surface area contributed by atoms with Gasteiger partial charge in [0.15, 0.2) is 0 Å². The van der Waals surface area contributed by atoms with Gasteiger partial charge in [0.25, 0.3) is 0 Å². The number of rotatable bonds is 11. The van der Waals surface area contributed by atoms with Crippen molar-refractivity contribution in [1.82, 2.24) is 10.2 Å². The number of halogens is 3. The monoisotopic (exact) mass is 531 g/mol. The predicted octanol–water partition coefficient (Wildman–Crippen LogP) is 4.23. The van der Waals surface area contributed by atoms with Crippen LogP contribution in [0.1, 0.15) is 32.3 Å². The maximum Gasteiger partial charge on any atom is 0.244 e. The van der Waals surface area contributed by atoms with Gasteiger partial charge in [-0.3, -0.25) is 13.9 Å². The lowest BCUT2D eigenvalue weighted by Gasteiger charge is -2.33. The van der Waals surface area contributed by atoms with E-state index in [0.29, 0.717) is 28.6 Å². The number of hydrogen-bond acceptors (Lipinski definition) is 4. The van der Waals surface area contributed by atoms with Crippen LogP contribution in [-0.4, -0.2) is 50.5 Å². The second-order valence-corrected chi connectivity index (χ2v) is 10.4. The second kappa shape index (κ2) is 12.4. The van der Waals surface area contributed by atoms with Crippen molar-refractivity contribution in [2.75, 3.05) is 23.7 Å². The van der Waals surface area contributed by atoms with Crippen LogP contribution in [0, 0.1) is 5.82 Å². The summed E-state index contributed by atoms with van der Waals surface area (Å²) in [5, 5.41) is 3.41. The summed E-state index contributed by atoms with van der Waals surface area (Å²) in [6.07, 6.45) is 1.93. The van der Waals surface area contributed by atoms with Crippen molar-refractivity contribution in [2.45, 2.75) is 39.3 Å². The quantitative estimate of drug-likeness (QED) is 0.469. The summed E-state index contributed by atoms with van der Waals surface area (Å²) in [5.74, 6) is -1.55. The molecule has 34 heavy (non-hydrogen) atoms. The van der Waals surface area contributed by atoms with Crippen molar-refractivity contribution in [3.63, 3.8) is 0 Å². The van der Waals surface area contributed by atoms with Gasteiger partial charge < -0.3 is 10.2 Å². The van der Waals surface area contributed by atoms with Gasteiger partial charge in [-0.2, -0.15) is 0 Å². The molecule has 0 heterocycles. The van der Waals surface area contributed by atoms with Gasteiger partial charge in [0, 0.05) is 28.7 Å². The Hall–Kier alpha value is -2.36. The normalized spacial score (nSPS) is 12.2. The molecule has 0 aliphatic heterocycles. The van der Waals surface area contributed by atoms with Crippen molar-refractivity contribution >= 4 is 50.7 Å². The van der Waals surface area contributed by atoms with E-state index in [2.05, 4.69) is 5.32 Å². The molecule has 7 nitrogen and oxygen atoms in total. The van der Waals surface area contributed by atoms with Crippen molar-refractivity contribution in [2.24, 2.45) is 0 Å². The summed E-state index contributed by atoms with van der Waals surface area (Å²) >= 11 is 12.6. The molecule has 0 fully saturated rings. The van der Waals surface area contributed by atoms with Crippen LogP contribution in [0.2, 0.25) is 10.0 Å². The molecule has 0 bridgehead atoms. The molecule has 1 atom stereocenters. The average molecular weight is 532 g/mol. The summed E-state index contributed by atoms with van der Waals surface area (Å²) in [4.78, 5) is 27.7. The number of carbonyl (C=O) groups is 2. The van der Waals surface area contributed by atoms with Gasteiger partial charge in [-0.25, -0.2) is 12.8 Å². The maximum absolute atomic E-state index is 13.5. The van der Waals surface area contributed by atoms with Gasteiger partial charge in [0.2, 0.25) is 21.8 Å². The smallest absolute Gasteiger partial charge is 0.244 e. The van der Waals surface area contributed by atoms with E-state index in [1.807, 2.05) is 6.92 Å². The summed E-state index contributed by atoms with van der Waals surface area (Å²) in [5.41, 5.74) is 0.560. The first-order valence-electron chi connectivity index (χ1n) is 10.7. The Kier molecular flexibility index (Phi) is 10.1. The number of benzene rings is 2. The zero-order valence-corrected chi connectivity index (χ0v) is 21.6. The third kappa shape index (κ3) is 7.32. The van der Waals surface area contributed by atoms with E-state index in [1.54, 1.807) is 25.1 Å². The van der Waals surface area contributed by atoms with Crippen LogP contribution in [0.4, 0.5) is 10.1 Å². The number of amides is 2. The Morgan fingerprint density at radius 3 is 2.15 bits per heavy atom. The fraction of sp³-hybridized carbons (Fsp3) is 0.391. The minimum absolute atomic E-state index is 0.101. The molecule has 2 rings (SSSR count). The molecular formula is C23H28Cl2FN3O4S. The third-order valence-electron chi connectivity index (χ3n) is 5.12. The van der Waals surface area contributed by atoms with Gasteiger partial charge in [-0.1, -0.05) is 43.1 Å². The van der Waals surface area contributed by atoms with Crippen molar-refractivity contribution < 1.29 is 22.4 Å². The Morgan fingerprint density at radius 1 is 1.06 bits per heavy atom. The van der Waals surface area contributed by atoms with Crippen LogP contribution in [0.25, 0.3) is 0 Å². The zero-order chi connectivity index (χ0) is 25.5. The third-order valence-corrected chi connectivity index (χ3v) is 6.97. The Labute approximate surface area is 209 Å². The van der Waals surface area contributed by atoms with Crippen molar-refractivity contribution in [1.29, 1.82) is 0 Å². The number of hydrogen-bond donors (Lipinski definition) is 1. The average Bonchev–Trinajstić information content (AvgIpc) is 2.77. The summed E-state index contributed by atoms with van der Waals surface area (Å²) < 4.78 is 39.2. The Morgan fingerprint density at radius 2 is 1.65 bits per heavy atom. The molecule has 0 radical (unpaired) electrons. The minimum atomic E-state index is -3.90. The molecule has 0 aliphatic carbocycles. The lowest BCUT2D eigenvalue weighted by atomic mass is 10.1. The fourth-order valence-corrected chi connectivity index (χ4v) is 4.73. The van der Waals surface area contributed by atoms with E-state index in [9.17, 15) is 22.4 Å². The van der Waals surface area contributed by atoms with Gasteiger partial charge in [0.05, 0.1) is 11.9 Å². The predicted molar refractivity (Wildman–Crippen MR) is 133 cm³/mol. The molecule has 0 saturated carbocycles. The molecule has 0 spiro atoms. The maximum atomic E-state index is 13.5. The highest BCUT2D eigenvalue weighted by Gasteiger charge is 2.32. The van der Waals surface area contributed by atoms with Crippen LogP contribution >= 0.6 is 23.2 Å². The van der Waals surface area contributed by atoms with E-state index >= 15 is 0 Å². The molecular weight excluding hydrogens is 504 g/mol.